The number of amides is 1. The summed E-state index contributed by atoms with van der Waals surface area (Å²) < 4.78 is 23.9. The lowest BCUT2D eigenvalue weighted by Crippen LogP contribution is -2.36. The molecule has 2 aromatic carbocycles. The Morgan fingerprint density at radius 1 is 1.10 bits per heavy atom. The molecule has 1 saturated heterocycles. The molecule has 0 aliphatic carbocycles. The number of fused-ring (bicyclic) bond motifs is 1. The molecule has 0 spiro atoms. The maximum atomic E-state index is 12.9. The molecular formula is C22H25N3O3S2. The molecule has 4 rings (SSSR count). The third-order valence-corrected chi connectivity index (χ3v) is 8.41. The number of hydrogen-bond acceptors (Lipinski definition) is 6. The highest BCUT2D eigenvalue weighted by Gasteiger charge is 2.44. The van der Waals surface area contributed by atoms with Crippen LogP contribution in [0.15, 0.2) is 47.5 Å². The largest absolute Gasteiger partial charge is 0.325 e. The molecule has 8 heteroatoms. The first-order chi connectivity index (χ1) is 14.2. The van der Waals surface area contributed by atoms with Gasteiger partial charge in [-0.1, -0.05) is 30.0 Å². The lowest BCUT2D eigenvalue weighted by molar-refractivity contribution is -0.114. The molecule has 1 fully saturated rings. The topological polar surface area (TPSA) is 78.8 Å². The van der Waals surface area contributed by atoms with Crippen molar-refractivity contribution in [1.82, 2.24) is 0 Å². The van der Waals surface area contributed by atoms with Crippen molar-refractivity contribution in [3.05, 3.63) is 59.2 Å². The van der Waals surface area contributed by atoms with E-state index in [1.807, 2.05) is 62.1 Å². The van der Waals surface area contributed by atoms with Crippen molar-refractivity contribution in [1.29, 1.82) is 0 Å². The number of nitrogens with zero attached hydrogens (tertiary/aromatic N) is 2. The van der Waals surface area contributed by atoms with Crippen LogP contribution in [0.4, 0.5) is 11.4 Å². The first-order valence-electron chi connectivity index (χ1n) is 9.86. The molecule has 1 amide bonds. The Hall–Kier alpha value is -2.32. The number of hydrogen-bond donors (Lipinski definition) is 1. The van der Waals surface area contributed by atoms with Gasteiger partial charge in [0, 0.05) is 16.6 Å². The van der Waals surface area contributed by atoms with Gasteiger partial charge in [0.1, 0.15) is 6.54 Å². The van der Waals surface area contributed by atoms with E-state index in [4.69, 9.17) is 4.99 Å². The van der Waals surface area contributed by atoms with E-state index in [0.717, 1.165) is 28.1 Å². The second-order valence-electron chi connectivity index (χ2n) is 8.06. The zero-order chi connectivity index (χ0) is 21.5. The third kappa shape index (κ3) is 4.70. The number of benzene rings is 2. The van der Waals surface area contributed by atoms with Crippen molar-refractivity contribution in [2.45, 2.75) is 32.1 Å². The van der Waals surface area contributed by atoms with Crippen LogP contribution in [-0.2, 0) is 14.6 Å². The monoisotopic (exact) mass is 443 g/mol. The highest BCUT2D eigenvalue weighted by Crippen LogP contribution is 2.37. The number of carbonyl (C=O) groups excluding carboxylic acids is 1. The minimum Gasteiger partial charge on any atom is -0.325 e. The average molecular weight is 444 g/mol. The van der Waals surface area contributed by atoms with Crippen molar-refractivity contribution in [2.24, 2.45) is 4.99 Å². The molecule has 0 radical (unpaired) electrons. The van der Waals surface area contributed by atoms with E-state index in [2.05, 4.69) is 11.4 Å². The summed E-state index contributed by atoms with van der Waals surface area (Å²) in [6.07, 6.45) is 0. The van der Waals surface area contributed by atoms with Crippen LogP contribution in [0.2, 0.25) is 0 Å². The molecule has 0 unspecified atom stereocenters. The summed E-state index contributed by atoms with van der Waals surface area (Å²) >= 11 is 1.47. The van der Waals surface area contributed by atoms with Crippen LogP contribution in [0.1, 0.15) is 16.7 Å². The fourth-order valence-corrected chi connectivity index (χ4v) is 7.69. The van der Waals surface area contributed by atoms with Gasteiger partial charge in [-0.3, -0.25) is 9.79 Å². The van der Waals surface area contributed by atoms with E-state index in [1.54, 1.807) is 0 Å². The van der Waals surface area contributed by atoms with Gasteiger partial charge in [-0.15, -0.1) is 0 Å². The Morgan fingerprint density at radius 2 is 1.83 bits per heavy atom. The SMILES string of the molecule is Cc1cccc(NC(=O)CN(C2=N[C@@H]3CS(=O)(=O)C[C@H]3S2)c2cc(C)cc(C)c2)c1. The molecule has 2 aliphatic rings. The number of aliphatic imine (C=N–C) groups is 1. The van der Waals surface area contributed by atoms with Gasteiger partial charge in [0.15, 0.2) is 15.0 Å². The second kappa shape index (κ2) is 8.07. The first kappa shape index (κ1) is 20.9. The molecule has 1 N–H and O–H groups in total. The maximum absolute atomic E-state index is 12.9. The number of aryl methyl sites for hydroxylation is 3. The number of nitrogens with one attached hydrogen (secondary N) is 1. The van der Waals surface area contributed by atoms with Gasteiger partial charge in [0.05, 0.1) is 17.5 Å². The van der Waals surface area contributed by atoms with Crippen LogP contribution in [0.3, 0.4) is 0 Å². The lowest BCUT2D eigenvalue weighted by atomic mass is 10.1. The van der Waals surface area contributed by atoms with Crippen LogP contribution < -0.4 is 10.2 Å². The standard InChI is InChI=1S/C22H25N3O3S2/c1-14-5-4-6-17(8-14)23-21(26)11-25(18-9-15(2)7-16(3)10-18)22-24-19-12-30(27,28)13-20(19)29-22/h4-10,19-20H,11-13H2,1-3H3,(H,23,26)/t19-,20-/m1/s1. The molecule has 2 atom stereocenters. The number of thioether (sulfide) groups is 1. The summed E-state index contributed by atoms with van der Waals surface area (Å²) in [7, 11) is -3.03. The highest BCUT2D eigenvalue weighted by atomic mass is 32.2. The molecule has 0 aromatic heterocycles. The Morgan fingerprint density at radius 3 is 2.50 bits per heavy atom. The van der Waals surface area contributed by atoms with Crippen LogP contribution in [0.5, 0.6) is 0 Å². The van der Waals surface area contributed by atoms with Crippen molar-refractivity contribution in [3.63, 3.8) is 0 Å². The number of rotatable bonds is 4. The molecule has 0 saturated carbocycles. The van der Waals surface area contributed by atoms with Gasteiger partial charge in [-0.05, 0) is 61.7 Å². The number of sulfone groups is 1. The Labute approximate surface area is 181 Å². The third-order valence-electron chi connectivity index (χ3n) is 5.16. The average Bonchev–Trinajstić information content (AvgIpc) is 3.12. The van der Waals surface area contributed by atoms with Crippen molar-refractivity contribution >= 4 is 44.0 Å². The van der Waals surface area contributed by atoms with Gasteiger partial charge >= 0.3 is 0 Å². The number of anilines is 2. The Bertz CT molecular complexity index is 1110. The minimum atomic E-state index is -3.03. The molecule has 6 nitrogen and oxygen atoms in total. The van der Waals surface area contributed by atoms with Gasteiger partial charge in [-0.25, -0.2) is 8.42 Å². The van der Waals surface area contributed by atoms with E-state index < -0.39 is 9.84 Å². The van der Waals surface area contributed by atoms with E-state index >= 15 is 0 Å². The van der Waals surface area contributed by atoms with Crippen LogP contribution in [0.25, 0.3) is 0 Å². The zero-order valence-electron chi connectivity index (χ0n) is 17.3. The lowest BCUT2D eigenvalue weighted by Gasteiger charge is -2.25. The first-order valence-corrected chi connectivity index (χ1v) is 12.6. The summed E-state index contributed by atoms with van der Waals surface area (Å²) in [5.41, 5.74) is 4.91. The normalized spacial score (nSPS) is 21.8. The van der Waals surface area contributed by atoms with Crippen molar-refractivity contribution in [2.75, 3.05) is 28.3 Å². The van der Waals surface area contributed by atoms with E-state index in [-0.39, 0.29) is 35.2 Å². The highest BCUT2D eigenvalue weighted by molar-refractivity contribution is 8.15. The zero-order valence-corrected chi connectivity index (χ0v) is 18.9. The summed E-state index contributed by atoms with van der Waals surface area (Å²) in [4.78, 5) is 19.5. The molecule has 30 heavy (non-hydrogen) atoms. The summed E-state index contributed by atoms with van der Waals surface area (Å²) in [5.74, 6) is 0.0864. The Kier molecular flexibility index (Phi) is 5.63. The molecule has 2 aliphatic heterocycles. The van der Waals surface area contributed by atoms with Crippen LogP contribution in [-0.4, -0.2) is 48.8 Å². The number of carbonyl (C=O) groups is 1. The van der Waals surface area contributed by atoms with E-state index in [1.165, 1.54) is 11.8 Å². The van der Waals surface area contributed by atoms with Crippen LogP contribution in [0, 0.1) is 20.8 Å². The molecule has 2 aromatic rings. The second-order valence-corrected chi connectivity index (χ2v) is 11.4. The van der Waals surface area contributed by atoms with Crippen LogP contribution >= 0.6 is 11.8 Å². The van der Waals surface area contributed by atoms with Crippen molar-refractivity contribution in [3.8, 4) is 0 Å². The summed E-state index contributed by atoms with van der Waals surface area (Å²) in [5, 5.41) is 3.60. The predicted molar refractivity (Wildman–Crippen MR) is 124 cm³/mol. The van der Waals surface area contributed by atoms with E-state index in [0.29, 0.717) is 5.17 Å². The number of amidine groups is 1. The van der Waals surface area contributed by atoms with Gasteiger partial charge in [-0.2, -0.15) is 0 Å². The summed E-state index contributed by atoms with van der Waals surface area (Å²) in [6, 6.07) is 13.6. The quantitative estimate of drug-likeness (QED) is 0.784. The van der Waals surface area contributed by atoms with E-state index in [9.17, 15) is 13.2 Å². The van der Waals surface area contributed by atoms with Gasteiger partial charge in [0.25, 0.3) is 0 Å². The van der Waals surface area contributed by atoms with Crippen molar-refractivity contribution < 1.29 is 13.2 Å². The minimum absolute atomic E-state index is 0.0711. The molecule has 158 valence electrons. The summed E-state index contributed by atoms with van der Waals surface area (Å²) in [6.45, 7) is 6.13. The fourth-order valence-electron chi connectivity index (χ4n) is 3.91. The van der Waals surface area contributed by atoms with Gasteiger partial charge < -0.3 is 10.2 Å². The fraction of sp³-hybridized carbons (Fsp3) is 0.364. The predicted octanol–water partition coefficient (Wildman–Crippen LogP) is 3.33. The van der Waals surface area contributed by atoms with Gasteiger partial charge in [0.2, 0.25) is 5.91 Å². The molecule has 2 heterocycles. The maximum Gasteiger partial charge on any atom is 0.244 e. The Balaban J connectivity index is 1.60. The molecular weight excluding hydrogens is 418 g/mol. The molecule has 0 bridgehead atoms. The smallest absolute Gasteiger partial charge is 0.244 e.